The van der Waals surface area contributed by atoms with E-state index in [-0.39, 0.29) is 11.7 Å². The van der Waals surface area contributed by atoms with Crippen LogP contribution in [0.2, 0.25) is 5.02 Å². The van der Waals surface area contributed by atoms with E-state index in [1.165, 1.54) is 12.1 Å². The highest BCUT2D eigenvalue weighted by atomic mass is 35.5. The summed E-state index contributed by atoms with van der Waals surface area (Å²) in [4.78, 5) is 10.8. The molecule has 19 heavy (non-hydrogen) atoms. The second-order valence-electron chi connectivity index (χ2n) is 4.11. The summed E-state index contributed by atoms with van der Waals surface area (Å²) in [6.45, 7) is 1.87. The van der Waals surface area contributed by atoms with Gasteiger partial charge in [0.25, 0.3) is 0 Å². The third-order valence-corrected chi connectivity index (χ3v) is 3.07. The van der Waals surface area contributed by atoms with Crippen molar-refractivity contribution in [3.05, 3.63) is 64.7 Å². The van der Waals surface area contributed by atoms with Crippen molar-refractivity contribution in [3.8, 4) is 5.75 Å². The predicted octanol–water partition coefficient (Wildman–Crippen LogP) is 4.18. The molecule has 0 saturated carbocycles. The Balaban J connectivity index is 2.20. The van der Waals surface area contributed by atoms with Crippen LogP contribution >= 0.6 is 11.6 Å². The van der Waals surface area contributed by atoms with Crippen LogP contribution in [0.3, 0.4) is 0 Å². The van der Waals surface area contributed by atoms with Gasteiger partial charge in [-0.05, 0) is 31.2 Å². The molecule has 2 aromatic carbocycles. The van der Waals surface area contributed by atoms with Crippen molar-refractivity contribution in [2.24, 2.45) is 0 Å². The number of rotatable bonds is 4. The maximum Gasteiger partial charge on any atom is 0.335 e. The molecule has 0 bridgehead atoms. The van der Waals surface area contributed by atoms with Crippen LogP contribution in [-0.2, 0) is 0 Å². The van der Waals surface area contributed by atoms with E-state index in [9.17, 15) is 4.79 Å². The zero-order valence-electron chi connectivity index (χ0n) is 10.3. The van der Waals surface area contributed by atoms with Crippen molar-refractivity contribution < 1.29 is 14.6 Å². The number of para-hydroxylation sites is 1. The summed E-state index contributed by atoms with van der Waals surface area (Å²) in [6, 6.07) is 14.0. The molecule has 0 heterocycles. The van der Waals surface area contributed by atoms with Gasteiger partial charge in [0.2, 0.25) is 0 Å². The molecule has 0 amide bonds. The van der Waals surface area contributed by atoms with E-state index in [4.69, 9.17) is 21.4 Å². The summed E-state index contributed by atoms with van der Waals surface area (Å²) in [6.07, 6.45) is -0.252. The second-order valence-corrected chi connectivity index (χ2v) is 4.52. The Morgan fingerprint density at radius 1 is 1.21 bits per heavy atom. The summed E-state index contributed by atoms with van der Waals surface area (Å²) in [5.41, 5.74) is 0.927. The minimum absolute atomic E-state index is 0.167. The van der Waals surface area contributed by atoms with Crippen LogP contribution in [0.1, 0.15) is 28.9 Å². The first-order valence-electron chi connectivity index (χ1n) is 5.82. The third kappa shape index (κ3) is 3.26. The fourth-order valence-corrected chi connectivity index (χ4v) is 2.09. The number of benzene rings is 2. The van der Waals surface area contributed by atoms with Crippen LogP contribution < -0.4 is 4.74 Å². The maximum atomic E-state index is 10.8. The van der Waals surface area contributed by atoms with Gasteiger partial charge in [-0.2, -0.15) is 0 Å². The van der Waals surface area contributed by atoms with Crippen molar-refractivity contribution in [1.29, 1.82) is 0 Å². The van der Waals surface area contributed by atoms with Crippen molar-refractivity contribution in [2.45, 2.75) is 13.0 Å². The van der Waals surface area contributed by atoms with E-state index in [0.29, 0.717) is 5.02 Å². The Labute approximate surface area is 116 Å². The number of hydrogen-bond acceptors (Lipinski definition) is 2. The summed E-state index contributed by atoms with van der Waals surface area (Å²) >= 11 is 6.09. The van der Waals surface area contributed by atoms with Gasteiger partial charge in [-0.1, -0.05) is 35.9 Å². The van der Waals surface area contributed by atoms with Gasteiger partial charge in [0.15, 0.2) is 0 Å². The van der Waals surface area contributed by atoms with Crippen LogP contribution in [0.5, 0.6) is 5.75 Å². The Morgan fingerprint density at radius 3 is 2.47 bits per heavy atom. The molecule has 0 aliphatic rings. The highest BCUT2D eigenvalue weighted by Crippen LogP contribution is 2.28. The van der Waals surface area contributed by atoms with E-state index in [1.807, 2.05) is 37.3 Å². The lowest BCUT2D eigenvalue weighted by Crippen LogP contribution is -2.05. The number of carboxylic acid groups (broad SMARTS) is 1. The minimum Gasteiger partial charge on any atom is -0.486 e. The fraction of sp³-hybridized carbons (Fsp3) is 0.133. The molecule has 0 fully saturated rings. The first kappa shape index (κ1) is 13.4. The van der Waals surface area contributed by atoms with Gasteiger partial charge in [-0.25, -0.2) is 4.79 Å². The van der Waals surface area contributed by atoms with E-state index >= 15 is 0 Å². The molecule has 4 heteroatoms. The molecule has 98 valence electrons. The van der Waals surface area contributed by atoms with Gasteiger partial charge >= 0.3 is 5.97 Å². The number of carboxylic acids is 1. The molecule has 3 nitrogen and oxygen atoms in total. The standard InChI is InChI=1S/C15H13ClO3/c1-10(19-12-5-3-2-4-6-12)13-8-7-11(15(17)18)9-14(13)16/h2-10H,1H3,(H,17,18). The lowest BCUT2D eigenvalue weighted by atomic mass is 10.1. The predicted molar refractivity (Wildman–Crippen MR) is 73.9 cm³/mol. The lowest BCUT2D eigenvalue weighted by molar-refractivity contribution is 0.0696. The molecule has 0 saturated heterocycles. The molecule has 1 N–H and O–H groups in total. The van der Waals surface area contributed by atoms with Gasteiger partial charge in [-0.15, -0.1) is 0 Å². The molecular weight excluding hydrogens is 264 g/mol. The van der Waals surface area contributed by atoms with E-state index < -0.39 is 5.97 Å². The molecule has 0 aliphatic heterocycles. The topological polar surface area (TPSA) is 46.5 Å². The Bertz CT molecular complexity index is 581. The molecule has 0 aliphatic carbocycles. The van der Waals surface area contributed by atoms with Crippen LogP contribution in [0.15, 0.2) is 48.5 Å². The highest BCUT2D eigenvalue weighted by Gasteiger charge is 2.13. The number of carbonyl (C=O) groups is 1. The normalized spacial score (nSPS) is 11.9. The van der Waals surface area contributed by atoms with Crippen molar-refractivity contribution >= 4 is 17.6 Å². The highest BCUT2D eigenvalue weighted by molar-refractivity contribution is 6.31. The molecule has 0 aromatic heterocycles. The molecule has 1 unspecified atom stereocenters. The largest absolute Gasteiger partial charge is 0.486 e. The first-order chi connectivity index (χ1) is 9.08. The number of ether oxygens (including phenoxy) is 1. The van der Waals surface area contributed by atoms with Gasteiger partial charge < -0.3 is 9.84 Å². The molecule has 2 rings (SSSR count). The second kappa shape index (κ2) is 5.76. The average Bonchev–Trinajstić information content (AvgIpc) is 2.39. The summed E-state index contributed by atoms with van der Waals surface area (Å²) in [5, 5.41) is 9.28. The fourth-order valence-electron chi connectivity index (χ4n) is 1.76. The van der Waals surface area contributed by atoms with Crippen molar-refractivity contribution in [3.63, 3.8) is 0 Å². The lowest BCUT2D eigenvalue weighted by Gasteiger charge is -2.16. The zero-order chi connectivity index (χ0) is 13.8. The van der Waals surface area contributed by atoms with Crippen molar-refractivity contribution in [2.75, 3.05) is 0 Å². The zero-order valence-corrected chi connectivity index (χ0v) is 11.1. The quantitative estimate of drug-likeness (QED) is 0.911. The Hall–Kier alpha value is -2.00. The molecule has 1 atom stereocenters. The van der Waals surface area contributed by atoms with E-state index in [1.54, 1.807) is 6.07 Å². The number of hydrogen-bond donors (Lipinski definition) is 1. The summed E-state index contributed by atoms with van der Waals surface area (Å²) in [7, 11) is 0. The van der Waals surface area contributed by atoms with Gasteiger partial charge in [-0.3, -0.25) is 0 Å². The van der Waals surface area contributed by atoms with Crippen LogP contribution in [0.4, 0.5) is 0 Å². The third-order valence-electron chi connectivity index (χ3n) is 2.74. The smallest absolute Gasteiger partial charge is 0.335 e. The maximum absolute atomic E-state index is 10.8. The Morgan fingerprint density at radius 2 is 1.89 bits per heavy atom. The first-order valence-corrected chi connectivity index (χ1v) is 6.20. The summed E-state index contributed by atoms with van der Waals surface area (Å²) < 4.78 is 5.75. The van der Waals surface area contributed by atoms with Gasteiger partial charge in [0, 0.05) is 10.6 Å². The molecule has 0 spiro atoms. The van der Waals surface area contributed by atoms with E-state index in [2.05, 4.69) is 0 Å². The summed E-state index contributed by atoms with van der Waals surface area (Å²) in [5.74, 6) is -0.251. The van der Waals surface area contributed by atoms with Crippen LogP contribution in [-0.4, -0.2) is 11.1 Å². The van der Waals surface area contributed by atoms with Gasteiger partial charge in [0.05, 0.1) is 5.56 Å². The Kier molecular flexibility index (Phi) is 4.07. The molecular formula is C15H13ClO3. The van der Waals surface area contributed by atoms with Crippen LogP contribution in [0.25, 0.3) is 0 Å². The van der Waals surface area contributed by atoms with Crippen LogP contribution in [0, 0.1) is 0 Å². The monoisotopic (exact) mass is 276 g/mol. The minimum atomic E-state index is -0.995. The number of aromatic carboxylic acids is 1. The molecule has 2 aromatic rings. The number of halogens is 1. The molecule has 0 radical (unpaired) electrons. The van der Waals surface area contributed by atoms with Gasteiger partial charge in [0.1, 0.15) is 11.9 Å². The van der Waals surface area contributed by atoms with E-state index in [0.717, 1.165) is 11.3 Å². The average molecular weight is 277 g/mol. The SMILES string of the molecule is CC(Oc1ccccc1)c1ccc(C(=O)O)cc1Cl. The van der Waals surface area contributed by atoms with Crippen molar-refractivity contribution in [1.82, 2.24) is 0 Å².